The first-order valence-corrected chi connectivity index (χ1v) is 5.98. The average Bonchev–Trinajstić information content (AvgIpc) is 2.33. The molecule has 0 fully saturated rings. The van der Waals surface area contributed by atoms with E-state index < -0.39 is 11.6 Å². The van der Waals surface area contributed by atoms with Gasteiger partial charge < -0.3 is 10.5 Å². The summed E-state index contributed by atoms with van der Waals surface area (Å²) in [5.74, 6) is -0.925. The number of hydrogen-bond donors (Lipinski definition) is 1. The van der Waals surface area contributed by atoms with Crippen molar-refractivity contribution in [2.24, 2.45) is 0 Å². The smallest absolute Gasteiger partial charge is 0.165 e. The average molecular weight is 314 g/mol. The molecule has 2 N–H and O–H groups in total. The quantitative estimate of drug-likeness (QED) is 0.873. The Hall–Kier alpha value is -1.62. The third kappa shape index (κ3) is 2.79. The molecule has 0 aliphatic heterocycles. The predicted octanol–water partition coefficient (Wildman–Crippen LogP) is 3.89. The summed E-state index contributed by atoms with van der Waals surface area (Å²) in [7, 11) is 0. The van der Waals surface area contributed by atoms with Crippen LogP contribution in [0.15, 0.2) is 40.9 Å². The molecule has 0 atom stereocenters. The van der Waals surface area contributed by atoms with Gasteiger partial charge in [0.05, 0.1) is 0 Å². The first kappa shape index (κ1) is 12.8. The van der Waals surface area contributed by atoms with Gasteiger partial charge in [-0.3, -0.25) is 0 Å². The van der Waals surface area contributed by atoms with Crippen molar-refractivity contribution in [3.8, 4) is 5.75 Å². The Morgan fingerprint density at radius 1 is 1.11 bits per heavy atom. The summed E-state index contributed by atoms with van der Waals surface area (Å²) in [6.07, 6.45) is 0. The molecule has 0 unspecified atom stereocenters. The fraction of sp³-hybridized carbons (Fsp3) is 0.0769. The zero-order chi connectivity index (χ0) is 13.1. The van der Waals surface area contributed by atoms with Crippen LogP contribution < -0.4 is 10.5 Å². The van der Waals surface area contributed by atoms with Crippen molar-refractivity contribution in [3.05, 3.63) is 58.1 Å². The number of hydrogen-bond acceptors (Lipinski definition) is 2. The molecule has 0 saturated heterocycles. The number of benzene rings is 2. The highest BCUT2D eigenvalue weighted by molar-refractivity contribution is 9.10. The molecule has 0 amide bonds. The van der Waals surface area contributed by atoms with Crippen molar-refractivity contribution in [1.82, 2.24) is 0 Å². The van der Waals surface area contributed by atoms with E-state index >= 15 is 0 Å². The molecular formula is C13H10BrF2NO. The lowest BCUT2D eigenvalue weighted by molar-refractivity contribution is 0.285. The summed E-state index contributed by atoms with van der Waals surface area (Å²) in [4.78, 5) is 0. The van der Waals surface area contributed by atoms with Crippen LogP contribution in [0.2, 0.25) is 0 Å². The van der Waals surface area contributed by atoms with E-state index in [1.54, 1.807) is 12.1 Å². The van der Waals surface area contributed by atoms with Crippen LogP contribution in [0.3, 0.4) is 0 Å². The number of ether oxygens (including phenoxy) is 1. The van der Waals surface area contributed by atoms with Crippen LogP contribution in [0.25, 0.3) is 0 Å². The highest BCUT2D eigenvalue weighted by Crippen LogP contribution is 2.24. The van der Waals surface area contributed by atoms with Crippen molar-refractivity contribution in [1.29, 1.82) is 0 Å². The number of rotatable bonds is 3. The Bertz CT molecular complexity index is 555. The predicted molar refractivity (Wildman–Crippen MR) is 69.2 cm³/mol. The summed E-state index contributed by atoms with van der Waals surface area (Å²) in [6.45, 7) is -0.119. The lowest BCUT2D eigenvalue weighted by Crippen LogP contribution is -2.04. The second kappa shape index (κ2) is 5.35. The Balaban J connectivity index is 2.19. The first-order chi connectivity index (χ1) is 8.58. The largest absolute Gasteiger partial charge is 0.486 e. The summed E-state index contributed by atoms with van der Waals surface area (Å²) >= 11 is 3.21. The van der Waals surface area contributed by atoms with Crippen LogP contribution in [-0.4, -0.2) is 0 Å². The molecule has 0 aliphatic rings. The highest BCUT2D eigenvalue weighted by Gasteiger charge is 2.09. The van der Waals surface area contributed by atoms with Gasteiger partial charge in [-0.15, -0.1) is 0 Å². The minimum absolute atomic E-state index is 0.0482. The number of nitrogen functional groups attached to an aromatic ring is 1. The van der Waals surface area contributed by atoms with Crippen molar-refractivity contribution in [3.63, 3.8) is 0 Å². The van der Waals surface area contributed by atoms with Gasteiger partial charge in [0.1, 0.15) is 12.4 Å². The van der Waals surface area contributed by atoms with E-state index in [0.29, 0.717) is 4.47 Å². The molecule has 5 heteroatoms. The van der Waals surface area contributed by atoms with Crippen LogP contribution in [0.1, 0.15) is 5.56 Å². The Morgan fingerprint density at radius 2 is 1.89 bits per heavy atom. The standard InChI is InChI=1S/C13H10BrF2NO/c14-8-4-5-11(16)13(6-8)18-7-9-10(15)2-1-3-12(9)17/h1-6H,7,17H2. The van der Waals surface area contributed by atoms with Crippen LogP contribution in [0.5, 0.6) is 5.75 Å². The Labute approximate surface area is 112 Å². The molecule has 0 heterocycles. The SMILES string of the molecule is Nc1cccc(F)c1COc1cc(Br)ccc1F. The van der Waals surface area contributed by atoms with Gasteiger partial charge in [-0.25, -0.2) is 8.78 Å². The van der Waals surface area contributed by atoms with Crippen molar-refractivity contribution in [2.45, 2.75) is 6.61 Å². The topological polar surface area (TPSA) is 35.2 Å². The molecule has 94 valence electrons. The molecule has 2 aromatic rings. The van der Waals surface area contributed by atoms with Gasteiger partial charge in [0.2, 0.25) is 0 Å². The van der Waals surface area contributed by atoms with E-state index in [1.807, 2.05) is 0 Å². The monoisotopic (exact) mass is 313 g/mol. The number of anilines is 1. The van der Waals surface area contributed by atoms with Gasteiger partial charge in [-0.2, -0.15) is 0 Å². The molecule has 18 heavy (non-hydrogen) atoms. The molecule has 2 aromatic carbocycles. The van der Waals surface area contributed by atoms with Gasteiger partial charge in [-0.1, -0.05) is 22.0 Å². The van der Waals surface area contributed by atoms with Crippen LogP contribution in [-0.2, 0) is 6.61 Å². The highest BCUT2D eigenvalue weighted by atomic mass is 79.9. The van der Waals surface area contributed by atoms with Crippen molar-refractivity contribution in [2.75, 3.05) is 5.73 Å². The summed E-state index contributed by atoms with van der Waals surface area (Å²) in [5.41, 5.74) is 6.13. The van der Waals surface area contributed by atoms with Crippen molar-refractivity contribution < 1.29 is 13.5 Å². The van der Waals surface area contributed by atoms with E-state index in [0.717, 1.165) is 0 Å². The van der Waals surface area contributed by atoms with E-state index in [9.17, 15) is 8.78 Å². The molecule has 0 spiro atoms. The van der Waals surface area contributed by atoms with E-state index in [-0.39, 0.29) is 23.6 Å². The Kier molecular flexibility index (Phi) is 3.81. The summed E-state index contributed by atoms with van der Waals surface area (Å²) in [5, 5.41) is 0. The zero-order valence-electron chi connectivity index (χ0n) is 9.29. The fourth-order valence-corrected chi connectivity index (χ4v) is 1.81. The first-order valence-electron chi connectivity index (χ1n) is 5.18. The van der Waals surface area contributed by atoms with E-state index in [2.05, 4.69) is 15.9 Å². The van der Waals surface area contributed by atoms with E-state index in [4.69, 9.17) is 10.5 Å². The number of halogens is 3. The van der Waals surface area contributed by atoms with Gasteiger partial charge in [0.15, 0.2) is 11.6 Å². The molecular weight excluding hydrogens is 304 g/mol. The maximum absolute atomic E-state index is 13.5. The fourth-order valence-electron chi connectivity index (χ4n) is 1.47. The minimum atomic E-state index is -0.506. The molecule has 0 aliphatic carbocycles. The lowest BCUT2D eigenvalue weighted by Gasteiger charge is -2.10. The Morgan fingerprint density at radius 3 is 2.61 bits per heavy atom. The maximum atomic E-state index is 13.5. The maximum Gasteiger partial charge on any atom is 0.165 e. The summed E-state index contributed by atoms with van der Waals surface area (Å²) < 4.78 is 32.8. The second-order valence-corrected chi connectivity index (χ2v) is 4.59. The van der Waals surface area contributed by atoms with Crippen LogP contribution >= 0.6 is 15.9 Å². The minimum Gasteiger partial charge on any atom is -0.486 e. The van der Waals surface area contributed by atoms with E-state index in [1.165, 1.54) is 24.3 Å². The molecule has 0 radical (unpaired) electrons. The molecule has 0 saturated carbocycles. The van der Waals surface area contributed by atoms with Crippen LogP contribution in [0.4, 0.5) is 14.5 Å². The molecule has 0 bridgehead atoms. The molecule has 2 rings (SSSR count). The second-order valence-electron chi connectivity index (χ2n) is 3.67. The molecule has 0 aromatic heterocycles. The van der Waals surface area contributed by atoms with Gasteiger partial charge in [0.25, 0.3) is 0 Å². The van der Waals surface area contributed by atoms with Crippen LogP contribution in [0, 0.1) is 11.6 Å². The third-order valence-electron chi connectivity index (χ3n) is 2.42. The zero-order valence-corrected chi connectivity index (χ0v) is 10.9. The lowest BCUT2D eigenvalue weighted by atomic mass is 10.2. The normalized spacial score (nSPS) is 10.4. The molecule has 2 nitrogen and oxygen atoms in total. The van der Waals surface area contributed by atoms with Gasteiger partial charge in [-0.05, 0) is 30.3 Å². The third-order valence-corrected chi connectivity index (χ3v) is 2.91. The van der Waals surface area contributed by atoms with Crippen molar-refractivity contribution >= 4 is 21.6 Å². The summed E-state index contributed by atoms with van der Waals surface area (Å²) in [6, 6.07) is 8.66. The van der Waals surface area contributed by atoms with Gasteiger partial charge >= 0.3 is 0 Å². The number of nitrogens with two attached hydrogens (primary N) is 1. The van der Waals surface area contributed by atoms with Gasteiger partial charge in [0, 0.05) is 15.7 Å².